The molecular weight excluding hydrogens is 440 g/mol. The number of rotatable bonds is 6. The lowest BCUT2D eigenvalue weighted by atomic mass is 10.1. The monoisotopic (exact) mass is 472 g/mol. The fraction of sp³-hybridized carbons (Fsp3) is 0.346. The normalized spacial score (nSPS) is 16.9. The number of piperazine rings is 2. The molecule has 1 amide bonds. The molecule has 0 atom stereocenters. The van der Waals surface area contributed by atoms with Gasteiger partial charge in [-0.3, -0.25) is 4.79 Å². The van der Waals surface area contributed by atoms with Crippen molar-refractivity contribution in [1.82, 2.24) is 14.9 Å². The number of benzene rings is 2. The molecule has 3 N–H and O–H groups in total. The summed E-state index contributed by atoms with van der Waals surface area (Å²) >= 11 is 0. The fourth-order valence-electron chi connectivity index (χ4n) is 4.57. The average molecular weight is 473 g/mol. The third-order valence-electron chi connectivity index (χ3n) is 6.75. The van der Waals surface area contributed by atoms with E-state index in [9.17, 15) is 4.79 Å². The van der Waals surface area contributed by atoms with Gasteiger partial charge in [0.05, 0.1) is 0 Å². The van der Waals surface area contributed by atoms with Crippen LogP contribution in [0.1, 0.15) is 10.4 Å². The number of hydrogen-bond acceptors (Lipinski definition) is 8. The number of carbonyl (C=O) groups is 1. The second-order valence-electron chi connectivity index (χ2n) is 9.09. The summed E-state index contributed by atoms with van der Waals surface area (Å²) in [5.74, 6) is 1.11. The molecule has 1 aromatic heterocycles. The van der Waals surface area contributed by atoms with Gasteiger partial charge in [-0.2, -0.15) is 4.98 Å². The van der Waals surface area contributed by atoms with Crippen LogP contribution in [0.4, 0.5) is 28.8 Å². The van der Waals surface area contributed by atoms with Crippen LogP contribution in [-0.4, -0.2) is 80.2 Å². The summed E-state index contributed by atoms with van der Waals surface area (Å²) in [6, 6.07) is 17.9. The predicted octanol–water partition coefficient (Wildman–Crippen LogP) is 2.40. The van der Waals surface area contributed by atoms with E-state index >= 15 is 0 Å². The molecule has 2 aliphatic heterocycles. The van der Waals surface area contributed by atoms with Crippen LogP contribution in [0.15, 0.2) is 60.8 Å². The summed E-state index contributed by atoms with van der Waals surface area (Å²) in [6.45, 7) is 7.75. The van der Waals surface area contributed by atoms with Crippen LogP contribution < -0.4 is 25.8 Å². The van der Waals surface area contributed by atoms with Gasteiger partial charge in [0.1, 0.15) is 5.82 Å². The second kappa shape index (κ2) is 10.2. The second-order valence-corrected chi connectivity index (χ2v) is 9.09. The summed E-state index contributed by atoms with van der Waals surface area (Å²) in [5.41, 5.74) is 9.20. The highest BCUT2D eigenvalue weighted by Crippen LogP contribution is 2.23. The molecule has 9 heteroatoms. The van der Waals surface area contributed by atoms with E-state index in [-0.39, 0.29) is 0 Å². The van der Waals surface area contributed by atoms with Crippen molar-refractivity contribution in [1.29, 1.82) is 0 Å². The van der Waals surface area contributed by atoms with Crippen molar-refractivity contribution in [3.63, 3.8) is 0 Å². The Kier molecular flexibility index (Phi) is 6.67. The van der Waals surface area contributed by atoms with Crippen molar-refractivity contribution < 1.29 is 4.79 Å². The number of amides is 1. The van der Waals surface area contributed by atoms with Crippen molar-refractivity contribution in [2.24, 2.45) is 5.73 Å². The summed E-state index contributed by atoms with van der Waals surface area (Å²) in [5, 5.41) is 3.35. The Bertz CT molecular complexity index is 1130. The van der Waals surface area contributed by atoms with Crippen LogP contribution in [0.2, 0.25) is 0 Å². The number of nitrogens with zero attached hydrogens (tertiary/aromatic N) is 6. The number of likely N-dealkylation sites (N-methyl/N-ethyl adjacent to an activating group) is 1. The zero-order valence-electron chi connectivity index (χ0n) is 20.1. The van der Waals surface area contributed by atoms with Crippen molar-refractivity contribution in [2.75, 3.05) is 79.4 Å². The van der Waals surface area contributed by atoms with Crippen LogP contribution in [0.25, 0.3) is 0 Å². The van der Waals surface area contributed by atoms with Crippen LogP contribution in [0.5, 0.6) is 0 Å². The summed E-state index contributed by atoms with van der Waals surface area (Å²) in [4.78, 5) is 29.9. The first kappa shape index (κ1) is 22.9. The van der Waals surface area contributed by atoms with Crippen molar-refractivity contribution in [2.45, 2.75) is 0 Å². The summed E-state index contributed by atoms with van der Waals surface area (Å²) in [6.07, 6.45) is 1.80. The molecule has 2 saturated heterocycles. The Balaban J connectivity index is 1.18. The smallest absolute Gasteiger partial charge is 0.248 e. The predicted molar refractivity (Wildman–Crippen MR) is 141 cm³/mol. The standard InChI is InChI=1S/C26H32N8O/c1-31-12-14-32(15-13-31)23-8-4-21(5-9-23)29-26-28-11-10-24(30-26)34-18-16-33(17-19-34)22-6-2-20(3-7-22)25(27)35/h2-11H,12-19H2,1H3,(H2,27,35)(H,28,29,30). The Morgan fingerprint density at radius 3 is 1.91 bits per heavy atom. The lowest BCUT2D eigenvalue weighted by molar-refractivity contribution is 0.100. The van der Waals surface area contributed by atoms with Crippen LogP contribution in [-0.2, 0) is 0 Å². The minimum atomic E-state index is -0.402. The van der Waals surface area contributed by atoms with E-state index in [0.717, 1.165) is 69.6 Å². The van der Waals surface area contributed by atoms with Gasteiger partial charge in [-0.15, -0.1) is 0 Å². The molecule has 0 radical (unpaired) electrons. The maximum atomic E-state index is 11.3. The first-order valence-electron chi connectivity index (χ1n) is 12.1. The Morgan fingerprint density at radius 1 is 0.771 bits per heavy atom. The van der Waals surface area contributed by atoms with Gasteiger partial charge in [-0.25, -0.2) is 4.98 Å². The summed E-state index contributed by atoms with van der Waals surface area (Å²) < 4.78 is 0. The van der Waals surface area contributed by atoms with Gasteiger partial charge < -0.3 is 30.7 Å². The minimum absolute atomic E-state index is 0.402. The number of carbonyl (C=O) groups excluding carboxylic acids is 1. The van der Waals surface area contributed by atoms with Gasteiger partial charge in [0.15, 0.2) is 0 Å². The Hall–Kier alpha value is -3.85. The molecule has 0 bridgehead atoms. The molecule has 2 aliphatic rings. The number of primary amides is 1. The molecule has 0 saturated carbocycles. The highest BCUT2D eigenvalue weighted by molar-refractivity contribution is 5.93. The largest absolute Gasteiger partial charge is 0.369 e. The fourth-order valence-corrected chi connectivity index (χ4v) is 4.57. The molecule has 35 heavy (non-hydrogen) atoms. The molecule has 0 unspecified atom stereocenters. The first-order chi connectivity index (χ1) is 17.0. The first-order valence-corrected chi connectivity index (χ1v) is 12.1. The molecule has 182 valence electrons. The SMILES string of the molecule is CN1CCN(c2ccc(Nc3nccc(N4CCN(c5ccc(C(N)=O)cc5)CC4)n3)cc2)CC1. The molecule has 9 nitrogen and oxygen atoms in total. The number of nitrogens with one attached hydrogen (secondary N) is 1. The van der Waals surface area contributed by atoms with Crippen LogP contribution in [0.3, 0.4) is 0 Å². The van der Waals surface area contributed by atoms with Gasteiger partial charge in [0.2, 0.25) is 11.9 Å². The van der Waals surface area contributed by atoms with E-state index in [2.05, 4.69) is 61.2 Å². The molecule has 2 fully saturated rings. The van der Waals surface area contributed by atoms with E-state index in [0.29, 0.717) is 11.5 Å². The quantitative estimate of drug-likeness (QED) is 0.565. The maximum absolute atomic E-state index is 11.3. The van der Waals surface area contributed by atoms with Gasteiger partial charge >= 0.3 is 0 Å². The van der Waals surface area contributed by atoms with Gasteiger partial charge in [0, 0.05) is 81.2 Å². The summed E-state index contributed by atoms with van der Waals surface area (Å²) in [7, 11) is 2.17. The molecule has 3 heterocycles. The lowest BCUT2D eigenvalue weighted by Gasteiger charge is -2.36. The molecule has 5 rings (SSSR count). The van der Waals surface area contributed by atoms with Crippen molar-refractivity contribution in [3.8, 4) is 0 Å². The van der Waals surface area contributed by atoms with Crippen molar-refractivity contribution >= 4 is 34.7 Å². The van der Waals surface area contributed by atoms with E-state index in [1.165, 1.54) is 5.69 Å². The van der Waals surface area contributed by atoms with Gasteiger partial charge in [-0.1, -0.05) is 0 Å². The minimum Gasteiger partial charge on any atom is -0.369 e. The third kappa shape index (κ3) is 5.46. The average Bonchev–Trinajstić information content (AvgIpc) is 2.90. The Labute approximate surface area is 206 Å². The van der Waals surface area contributed by atoms with E-state index in [4.69, 9.17) is 10.7 Å². The molecule has 3 aromatic rings. The Morgan fingerprint density at radius 2 is 1.31 bits per heavy atom. The topological polar surface area (TPSA) is 93.9 Å². The number of anilines is 5. The molecule has 2 aromatic carbocycles. The van der Waals surface area contributed by atoms with E-state index in [1.807, 2.05) is 18.2 Å². The van der Waals surface area contributed by atoms with Gasteiger partial charge in [0.25, 0.3) is 0 Å². The highest BCUT2D eigenvalue weighted by atomic mass is 16.1. The van der Waals surface area contributed by atoms with Gasteiger partial charge in [-0.05, 0) is 61.6 Å². The van der Waals surface area contributed by atoms with E-state index in [1.54, 1.807) is 18.3 Å². The molecule has 0 spiro atoms. The zero-order valence-corrected chi connectivity index (χ0v) is 20.1. The zero-order chi connectivity index (χ0) is 24.2. The molecular formula is C26H32N8O. The number of aromatic nitrogens is 2. The van der Waals surface area contributed by atoms with E-state index < -0.39 is 5.91 Å². The lowest BCUT2D eigenvalue weighted by Crippen LogP contribution is -2.46. The van der Waals surface area contributed by atoms with Crippen LogP contribution >= 0.6 is 0 Å². The number of hydrogen-bond donors (Lipinski definition) is 2. The molecule has 0 aliphatic carbocycles. The van der Waals surface area contributed by atoms with Crippen LogP contribution in [0, 0.1) is 0 Å². The highest BCUT2D eigenvalue weighted by Gasteiger charge is 2.19. The third-order valence-corrected chi connectivity index (χ3v) is 6.75. The maximum Gasteiger partial charge on any atom is 0.248 e. The van der Waals surface area contributed by atoms with Crippen molar-refractivity contribution in [3.05, 3.63) is 66.4 Å². The number of nitrogens with two attached hydrogens (primary N) is 1.